The number of hydrogen-bond acceptors (Lipinski definition) is 6. The van der Waals surface area contributed by atoms with Gasteiger partial charge >= 0.3 is 0 Å². The summed E-state index contributed by atoms with van der Waals surface area (Å²) in [5.74, 6) is 1.15. The lowest BCUT2D eigenvalue weighted by Gasteiger charge is -2.19. The molecule has 5 rings (SSSR count). The molecule has 1 aromatic heterocycles. The van der Waals surface area contributed by atoms with Crippen LogP contribution in [0.3, 0.4) is 0 Å². The number of aromatic nitrogens is 1. The van der Waals surface area contributed by atoms with E-state index in [-0.39, 0.29) is 11.7 Å². The minimum Gasteiger partial charge on any atom is -0.493 e. The van der Waals surface area contributed by atoms with Gasteiger partial charge in [-0.1, -0.05) is 30.3 Å². The molecular weight excluding hydrogens is 442 g/mol. The Labute approximate surface area is 205 Å². The molecule has 1 saturated heterocycles. The van der Waals surface area contributed by atoms with Gasteiger partial charge in [-0.05, 0) is 51.1 Å². The Morgan fingerprint density at radius 2 is 1.77 bits per heavy atom. The Balaban J connectivity index is 1.31. The number of amides is 1. The van der Waals surface area contributed by atoms with E-state index in [2.05, 4.69) is 9.88 Å². The predicted octanol–water partition coefficient (Wildman–Crippen LogP) is 4.59. The first-order chi connectivity index (χ1) is 17.0. The number of ketones is 1. The molecule has 2 aliphatic rings. The second-order valence-corrected chi connectivity index (χ2v) is 8.96. The van der Waals surface area contributed by atoms with Crippen molar-refractivity contribution < 1.29 is 19.1 Å². The summed E-state index contributed by atoms with van der Waals surface area (Å²) in [6.07, 6.45) is 2.51. The van der Waals surface area contributed by atoms with E-state index >= 15 is 0 Å². The van der Waals surface area contributed by atoms with Crippen LogP contribution in [-0.4, -0.2) is 54.9 Å². The number of carbonyl (C=O) groups excluding carboxylic acids is 2. The summed E-state index contributed by atoms with van der Waals surface area (Å²) in [4.78, 5) is 33.6. The van der Waals surface area contributed by atoms with Gasteiger partial charge in [0.2, 0.25) is 0 Å². The highest BCUT2D eigenvalue weighted by atomic mass is 16.5. The fourth-order valence-electron chi connectivity index (χ4n) is 4.65. The van der Waals surface area contributed by atoms with Crippen molar-refractivity contribution in [2.45, 2.75) is 26.3 Å². The van der Waals surface area contributed by atoms with Crippen molar-refractivity contribution in [3.63, 3.8) is 0 Å². The van der Waals surface area contributed by atoms with Crippen LogP contribution in [0.25, 0.3) is 11.3 Å². The third-order valence-electron chi connectivity index (χ3n) is 6.66. The molecule has 3 heterocycles. The van der Waals surface area contributed by atoms with Crippen LogP contribution in [0.4, 0.5) is 5.69 Å². The van der Waals surface area contributed by atoms with Gasteiger partial charge in [-0.2, -0.15) is 0 Å². The molecule has 2 aliphatic heterocycles. The third-order valence-corrected chi connectivity index (χ3v) is 6.66. The van der Waals surface area contributed by atoms with Crippen LogP contribution in [0.1, 0.15) is 46.2 Å². The van der Waals surface area contributed by atoms with Crippen LogP contribution in [0.2, 0.25) is 0 Å². The molecular formula is C28H29N3O4. The lowest BCUT2D eigenvalue weighted by molar-refractivity contribution is 0.0990. The van der Waals surface area contributed by atoms with Crippen molar-refractivity contribution in [2.24, 2.45) is 0 Å². The molecule has 0 atom stereocenters. The van der Waals surface area contributed by atoms with Crippen LogP contribution in [0, 0.1) is 0 Å². The van der Waals surface area contributed by atoms with Gasteiger partial charge in [0.15, 0.2) is 17.3 Å². The fourth-order valence-corrected chi connectivity index (χ4v) is 4.65. The highest BCUT2D eigenvalue weighted by Crippen LogP contribution is 2.35. The molecule has 0 radical (unpaired) electrons. The molecule has 0 spiro atoms. The van der Waals surface area contributed by atoms with Gasteiger partial charge in [0.25, 0.3) is 5.91 Å². The average Bonchev–Trinajstić information content (AvgIpc) is 3.52. The number of likely N-dealkylation sites (tertiary alicyclic amines) is 1. The highest BCUT2D eigenvalue weighted by molar-refractivity contribution is 6.09. The number of benzene rings is 2. The third kappa shape index (κ3) is 4.77. The number of carbonyl (C=O) groups is 2. The molecule has 0 bridgehead atoms. The molecule has 7 heteroatoms. The quantitative estimate of drug-likeness (QED) is 0.448. The molecule has 0 aliphatic carbocycles. The Bertz CT molecular complexity index is 1250. The first kappa shape index (κ1) is 23.1. The van der Waals surface area contributed by atoms with E-state index in [4.69, 9.17) is 9.47 Å². The smallest absolute Gasteiger partial charge is 0.277 e. The monoisotopic (exact) mass is 471 g/mol. The number of methoxy groups -OCH3 is 1. The van der Waals surface area contributed by atoms with E-state index in [1.165, 1.54) is 19.8 Å². The van der Waals surface area contributed by atoms with Crippen molar-refractivity contribution >= 4 is 17.4 Å². The summed E-state index contributed by atoms with van der Waals surface area (Å²) in [7, 11) is 1.61. The maximum Gasteiger partial charge on any atom is 0.277 e. The normalized spacial score (nSPS) is 15.4. The molecule has 0 saturated carbocycles. The van der Waals surface area contributed by atoms with Crippen LogP contribution >= 0.6 is 0 Å². The Hall–Kier alpha value is -3.71. The maximum absolute atomic E-state index is 13.3. The Morgan fingerprint density at radius 1 is 1.00 bits per heavy atom. The predicted molar refractivity (Wildman–Crippen MR) is 134 cm³/mol. The number of nitrogens with zero attached hydrogens (tertiary/aromatic N) is 3. The molecule has 7 nitrogen and oxygen atoms in total. The lowest BCUT2D eigenvalue weighted by Crippen LogP contribution is -2.25. The minimum atomic E-state index is -0.146. The van der Waals surface area contributed by atoms with E-state index in [0.29, 0.717) is 41.6 Å². The first-order valence-corrected chi connectivity index (χ1v) is 12.0. The Kier molecular flexibility index (Phi) is 6.51. The fraction of sp³-hybridized carbons (Fsp3) is 0.321. The van der Waals surface area contributed by atoms with Gasteiger partial charge in [-0.3, -0.25) is 14.5 Å². The highest BCUT2D eigenvalue weighted by Gasteiger charge is 2.31. The second-order valence-electron chi connectivity index (χ2n) is 8.96. The number of ether oxygens (including phenoxy) is 2. The van der Waals surface area contributed by atoms with Crippen LogP contribution < -0.4 is 14.4 Å². The first-order valence-electron chi connectivity index (χ1n) is 12.0. The summed E-state index contributed by atoms with van der Waals surface area (Å²) in [6.45, 7) is 5.76. The maximum atomic E-state index is 13.3. The number of pyridine rings is 1. The minimum absolute atomic E-state index is 0.0164. The van der Waals surface area contributed by atoms with Gasteiger partial charge in [-0.25, -0.2) is 4.98 Å². The SMILES string of the molecule is COc1cc(N2Cc3ccc(-c4ccc(C(C)=O)cc4)nc3C2=O)ccc1OCCN1CCCC1. The summed E-state index contributed by atoms with van der Waals surface area (Å²) in [6, 6.07) is 16.7. The topological polar surface area (TPSA) is 72.0 Å². The van der Waals surface area contributed by atoms with Gasteiger partial charge in [-0.15, -0.1) is 0 Å². The van der Waals surface area contributed by atoms with Crippen LogP contribution in [0.5, 0.6) is 11.5 Å². The number of fused-ring (bicyclic) bond motifs is 1. The van der Waals surface area contributed by atoms with Crippen LogP contribution in [-0.2, 0) is 6.54 Å². The van der Waals surface area contributed by atoms with Crippen molar-refractivity contribution in [2.75, 3.05) is 38.3 Å². The zero-order valence-electron chi connectivity index (χ0n) is 20.1. The number of anilines is 1. The summed E-state index contributed by atoms with van der Waals surface area (Å²) in [5.41, 5.74) is 4.28. The lowest BCUT2D eigenvalue weighted by atomic mass is 10.1. The van der Waals surface area contributed by atoms with E-state index in [1.807, 2.05) is 42.5 Å². The number of rotatable bonds is 8. The molecule has 1 fully saturated rings. The molecule has 1 amide bonds. The van der Waals surface area contributed by atoms with Gasteiger partial charge < -0.3 is 14.4 Å². The van der Waals surface area contributed by atoms with E-state index in [1.54, 1.807) is 24.1 Å². The zero-order valence-corrected chi connectivity index (χ0v) is 20.1. The zero-order chi connectivity index (χ0) is 24.4. The molecule has 0 unspecified atom stereocenters. The van der Waals surface area contributed by atoms with Crippen molar-refractivity contribution in [1.29, 1.82) is 0 Å². The van der Waals surface area contributed by atoms with Crippen molar-refractivity contribution in [3.8, 4) is 22.8 Å². The summed E-state index contributed by atoms with van der Waals surface area (Å²) >= 11 is 0. The van der Waals surface area contributed by atoms with E-state index in [0.717, 1.165) is 36.4 Å². The standard InChI is InChI=1S/C28H29N3O4/c1-19(32)20-5-7-21(8-6-20)24-11-9-22-18-31(28(33)27(22)29-24)23-10-12-25(26(17-23)34-2)35-16-15-30-13-3-4-14-30/h5-12,17H,3-4,13-16,18H2,1-2H3. The second kappa shape index (κ2) is 9.88. The summed E-state index contributed by atoms with van der Waals surface area (Å²) in [5, 5.41) is 0. The molecule has 3 aromatic rings. The van der Waals surface area contributed by atoms with Gasteiger partial charge in [0, 0.05) is 35.0 Å². The summed E-state index contributed by atoms with van der Waals surface area (Å²) < 4.78 is 11.5. The van der Waals surface area contributed by atoms with Crippen molar-refractivity contribution in [1.82, 2.24) is 9.88 Å². The number of hydrogen-bond donors (Lipinski definition) is 0. The van der Waals surface area contributed by atoms with Gasteiger partial charge in [0.1, 0.15) is 12.3 Å². The number of Topliss-reactive ketones (excluding diaryl/α,β-unsaturated/α-hetero) is 1. The van der Waals surface area contributed by atoms with Crippen molar-refractivity contribution in [3.05, 3.63) is 71.4 Å². The molecule has 0 N–H and O–H groups in total. The van der Waals surface area contributed by atoms with Crippen LogP contribution in [0.15, 0.2) is 54.6 Å². The van der Waals surface area contributed by atoms with E-state index < -0.39 is 0 Å². The molecule has 180 valence electrons. The largest absolute Gasteiger partial charge is 0.493 e. The Morgan fingerprint density at radius 3 is 2.49 bits per heavy atom. The van der Waals surface area contributed by atoms with Gasteiger partial charge in [0.05, 0.1) is 19.3 Å². The molecule has 35 heavy (non-hydrogen) atoms. The average molecular weight is 472 g/mol. The molecule has 2 aromatic carbocycles. The van der Waals surface area contributed by atoms with E-state index in [9.17, 15) is 9.59 Å².